The van der Waals surface area contributed by atoms with E-state index in [1.807, 2.05) is 24.3 Å². The molecule has 1 N–H and O–H groups in total. The highest BCUT2D eigenvalue weighted by Crippen LogP contribution is 2.28. The Morgan fingerprint density at radius 2 is 2.08 bits per heavy atom. The predicted molar refractivity (Wildman–Crippen MR) is 104 cm³/mol. The van der Waals surface area contributed by atoms with E-state index in [1.165, 1.54) is 24.2 Å². The molecule has 124 valence electrons. The summed E-state index contributed by atoms with van der Waals surface area (Å²) >= 11 is 7.12. The second-order valence-electron chi connectivity index (χ2n) is 5.87. The van der Waals surface area contributed by atoms with Crippen molar-refractivity contribution in [2.45, 2.75) is 12.8 Å². The van der Waals surface area contributed by atoms with Crippen LogP contribution in [-0.2, 0) is 0 Å². The third-order valence-corrected chi connectivity index (χ3v) is 5.58. The first kappa shape index (κ1) is 15.9. The highest BCUT2D eigenvalue weighted by atomic mass is 32.1. The normalized spacial score (nSPS) is 13.8. The van der Waals surface area contributed by atoms with Gasteiger partial charge in [0, 0.05) is 24.8 Å². The Kier molecular flexibility index (Phi) is 4.30. The zero-order chi connectivity index (χ0) is 17.2. The molecular formula is C18H15N5S2. The highest BCUT2D eigenvalue weighted by molar-refractivity contribution is 7.80. The molecule has 2 aromatic heterocycles. The van der Waals surface area contributed by atoms with Gasteiger partial charge in [-0.25, -0.2) is 9.97 Å². The van der Waals surface area contributed by atoms with E-state index in [0.717, 1.165) is 44.8 Å². The fourth-order valence-electron chi connectivity index (χ4n) is 2.89. The number of thiocarbonyl (C=S) groups is 1. The summed E-state index contributed by atoms with van der Waals surface area (Å²) in [6, 6.07) is 11.6. The molecule has 0 amide bonds. The number of pyridine rings is 1. The second kappa shape index (κ2) is 6.75. The molecule has 0 saturated carbocycles. The number of anilines is 2. The minimum atomic E-state index is 0.638. The molecule has 1 aliphatic rings. The summed E-state index contributed by atoms with van der Waals surface area (Å²) in [6.07, 6.45) is 4.17. The molecule has 0 spiro atoms. The molecular weight excluding hydrogens is 350 g/mol. The van der Waals surface area contributed by atoms with Crippen molar-refractivity contribution in [3.05, 3.63) is 47.7 Å². The van der Waals surface area contributed by atoms with Crippen LogP contribution in [0.25, 0.3) is 10.2 Å². The van der Waals surface area contributed by atoms with Crippen LogP contribution in [0.15, 0.2) is 36.5 Å². The number of nitrogens with one attached hydrogen (secondary N) is 1. The summed E-state index contributed by atoms with van der Waals surface area (Å²) in [6.45, 7) is 2.06. The highest BCUT2D eigenvalue weighted by Gasteiger charge is 2.16. The Labute approximate surface area is 154 Å². The molecule has 1 aliphatic heterocycles. The number of nitrogens with zero attached hydrogens (tertiary/aromatic N) is 4. The summed E-state index contributed by atoms with van der Waals surface area (Å²) < 4.78 is 0.977. The molecule has 0 bridgehead atoms. The van der Waals surface area contributed by atoms with Gasteiger partial charge in [0.2, 0.25) is 0 Å². The van der Waals surface area contributed by atoms with Crippen molar-refractivity contribution in [3.63, 3.8) is 0 Å². The molecule has 0 unspecified atom stereocenters. The van der Waals surface area contributed by atoms with E-state index in [-0.39, 0.29) is 0 Å². The Hall–Kier alpha value is -2.56. The van der Waals surface area contributed by atoms with E-state index in [4.69, 9.17) is 17.5 Å². The monoisotopic (exact) mass is 365 g/mol. The third-order valence-electron chi connectivity index (χ3n) is 4.15. The Balaban J connectivity index is 1.57. The number of aromatic nitrogens is 2. The fraction of sp³-hybridized carbons (Fsp3) is 0.222. The molecule has 4 rings (SSSR count). The number of hydrogen-bond acceptors (Lipinski definition) is 6. The summed E-state index contributed by atoms with van der Waals surface area (Å²) in [5.41, 5.74) is 2.51. The van der Waals surface area contributed by atoms with Gasteiger partial charge in [0.25, 0.3) is 0 Å². The maximum Gasteiger partial charge on any atom is 0.189 e. The van der Waals surface area contributed by atoms with E-state index >= 15 is 0 Å². The minimum absolute atomic E-state index is 0.638. The van der Waals surface area contributed by atoms with Gasteiger partial charge in [-0.05, 0) is 43.2 Å². The summed E-state index contributed by atoms with van der Waals surface area (Å²) in [4.78, 5) is 12.0. The smallest absolute Gasteiger partial charge is 0.189 e. The van der Waals surface area contributed by atoms with Crippen LogP contribution in [-0.4, -0.2) is 32.9 Å². The first-order chi connectivity index (χ1) is 12.2. The van der Waals surface area contributed by atoms with Gasteiger partial charge >= 0.3 is 0 Å². The van der Waals surface area contributed by atoms with Gasteiger partial charge in [0.1, 0.15) is 10.8 Å². The topological polar surface area (TPSA) is 64.8 Å². The van der Waals surface area contributed by atoms with E-state index in [9.17, 15) is 0 Å². The van der Waals surface area contributed by atoms with Gasteiger partial charge in [-0.2, -0.15) is 5.26 Å². The van der Waals surface area contributed by atoms with E-state index in [1.54, 1.807) is 12.3 Å². The molecule has 1 fully saturated rings. The molecule has 3 heterocycles. The van der Waals surface area contributed by atoms with Crippen LogP contribution < -0.4 is 5.32 Å². The molecule has 0 atom stereocenters. The van der Waals surface area contributed by atoms with Crippen molar-refractivity contribution in [3.8, 4) is 6.07 Å². The van der Waals surface area contributed by atoms with Crippen molar-refractivity contribution < 1.29 is 0 Å². The molecule has 7 heteroatoms. The third kappa shape index (κ3) is 3.31. The molecule has 0 aliphatic carbocycles. The van der Waals surface area contributed by atoms with Crippen LogP contribution in [0.2, 0.25) is 0 Å². The lowest BCUT2D eigenvalue weighted by atomic mass is 10.2. The number of benzene rings is 1. The van der Waals surface area contributed by atoms with Crippen LogP contribution in [0.3, 0.4) is 0 Å². The number of hydrogen-bond donors (Lipinski definition) is 1. The lowest BCUT2D eigenvalue weighted by Crippen LogP contribution is -2.26. The standard InChI is InChI=1S/C18H15N5S2/c19-11-12-3-4-14-15(9-12)25-18(21-14)22-16-10-13(5-6-20-16)17(24)23-7-1-2-8-23/h3-6,9-10H,1-2,7-8H2,(H,20,21,22). The van der Waals surface area contributed by atoms with Crippen molar-refractivity contribution in [2.75, 3.05) is 18.4 Å². The number of rotatable bonds is 3. The van der Waals surface area contributed by atoms with Gasteiger partial charge in [-0.1, -0.05) is 23.6 Å². The van der Waals surface area contributed by atoms with Gasteiger partial charge in [-0.15, -0.1) is 0 Å². The van der Waals surface area contributed by atoms with Crippen molar-refractivity contribution in [1.82, 2.24) is 14.9 Å². The molecule has 0 radical (unpaired) electrons. The number of nitriles is 1. The first-order valence-corrected chi connectivity index (χ1v) is 9.28. The molecule has 5 nitrogen and oxygen atoms in total. The minimum Gasteiger partial charge on any atom is -0.362 e. The van der Waals surface area contributed by atoms with Crippen LogP contribution in [0.5, 0.6) is 0 Å². The quantitative estimate of drug-likeness (QED) is 0.706. The van der Waals surface area contributed by atoms with Crippen molar-refractivity contribution in [2.24, 2.45) is 0 Å². The maximum absolute atomic E-state index is 9.00. The SMILES string of the molecule is N#Cc1ccc2nc(Nc3cc(C(=S)N4CCCC4)ccn3)sc2c1. The molecule has 1 saturated heterocycles. The molecule has 1 aromatic carbocycles. The van der Waals surface area contributed by atoms with Crippen LogP contribution in [0.4, 0.5) is 10.9 Å². The predicted octanol–water partition coefficient (Wildman–Crippen LogP) is 4.08. The average molecular weight is 365 g/mol. The van der Waals surface area contributed by atoms with Gasteiger partial charge in [-0.3, -0.25) is 0 Å². The van der Waals surface area contributed by atoms with E-state index < -0.39 is 0 Å². The van der Waals surface area contributed by atoms with Crippen LogP contribution >= 0.6 is 23.6 Å². The summed E-state index contributed by atoms with van der Waals surface area (Å²) in [7, 11) is 0. The first-order valence-electron chi connectivity index (χ1n) is 8.06. The molecule has 25 heavy (non-hydrogen) atoms. The van der Waals surface area contributed by atoms with Crippen LogP contribution in [0, 0.1) is 11.3 Å². The van der Waals surface area contributed by atoms with Crippen LogP contribution in [0.1, 0.15) is 24.0 Å². The Bertz CT molecular complexity index is 983. The zero-order valence-corrected chi connectivity index (χ0v) is 15.0. The van der Waals surface area contributed by atoms with E-state index in [2.05, 4.69) is 26.3 Å². The number of likely N-dealkylation sites (tertiary alicyclic amines) is 1. The number of fused-ring (bicyclic) bond motifs is 1. The summed E-state index contributed by atoms with van der Waals surface area (Å²) in [5.74, 6) is 0.721. The summed E-state index contributed by atoms with van der Waals surface area (Å²) in [5, 5.41) is 13.0. The van der Waals surface area contributed by atoms with Gasteiger partial charge in [0.15, 0.2) is 5.13 Å². The average Bonchev–Trinajstić information content (AvgIpc) is 3.30. The fourth-order valence-corrected chi connectivity index (χ4v) is 4.11. The Morgan fingerprint density at radius 1 is 1.24 bits per heavy atom. The van der Waals surface area contributed by atoms with Gasteiger partial charge < -0.3 is 10.2 Å². The second-order valence-corrected chi connectivity index (χ2v) is 7.28. The number of thiazole rings is 1. The van der Waals surface area contributed by atoms with Gasteiger partial charge in [0.05, 0.1) is 21.8 Å². The largest absolute Gasteiger partial charge is 0.362 e. The maximum atomic E-state index is 9.00. The van der Waals surface area contributed by atoms with Crippen molar-refractivity contribution >= 4 is 49.7 Å². The van der Waals surface area contributed by atoms with E-state index in [0.29, 0.717) is 5.56 Å². The lowest BCUT2D eigenvalue weighted by Gasteiger charge is -2.18. The Morgan fingerprint density at radius 3 is 2.88 bits per heavy atom. The lowest BCUT2D eigenvalue weighted by molar-refractivity contribution is 0.530. The zero-order valence-electron chi connectivity index (χ0n) is 13.4. The van der Waals surface area contributed by atoms with Crippen molar-refractivity contribution in [1.29, 1.82) is 5.26 Å². The molecule has 3 aromatic rings.